The van der Waals surface area contributed by atoms with Crippen LogP contribution in [-0.4, -0.2) is 19.6 Å². The number of thioether (sulfide) groups is 1. The summed E-state index contributed by atoms with van der Waals surface area (Å²) in [6.07, 6.45) is 1.70. The minimum Gasteiger partial charge on any atom is -0.460 e. The van der Waals surface area contributed by atoms with E-state index in [4.69, 9.17) is 20.4 Å². The first-order chi connectivity index (χ1) is 13.6. The maximum Gasteiger partial charge on any atom is 0.228 e. The van der Waals surface area contributed by atoms with E-state index in [9.17, 15) is 0 Å². The van der Waals surface area contributed by atoms with E-state index in [-0.39, 0.29) is 0 Å². The first-order valence-electron chi connectivity index (χ1n) is 8.67. The third-order valence-electron chi connectivity index (χ3n) is 4.53. The molecule has 0 amide bonds. The second kappa shape index (κ2) is 6.68. The lowest BCUT2D eigenvalue weighted by molar-refractivity contribution is 0.540. The highest BCUT2D eigenvalue weighted by Crippen LogP contribution is 2.33. The lowest BCUT2D eigenvalue weighted by atomic mass is 10.2. The summed E-state index contributed by atoms with van der Waals surface area (Å²) in [5.41, 5.74) is 4.42. The van der Waals surface area contributed by atoms with Crippen LogP contribution in [0.5, 0.6) is 0 Å². The maximum atomic E-state index is 6.26. The van der Waals surface area contributed by atoms with Gasteiger partial charge in [-0.15, -0.1) is 10.2 Å². The molecule has 0 aliphatic heterocycles. The molecule has 0 N–H and O–H groups in total. The molecule has 140 valence electrons. The average molecular weight is 411 g/mol. The van der Waals surface area contributed by atoms with Crippen LogP contribution in [0.15, 0.2) is 56.6 Å². The van der Waals surface area contributed by atoms with Crippen molar-refractivity contribution in [3.8, 4) is 11.5 Å². The molecule has 6 nitrogen and oxygen atoms in total. The Morgan fingerprint density at radius 3 is 2.82 bits per heavy atom. The number of aryl methyl sites for hydroxylation is 2. The minimum absolute atomic E-state index is 0.527. The summed E-state index contributed by atoms with van der Waals surface area (Å²) in [4.78, 5) is 4.63. The number of fused-ring (bicyclic) bond motifs is 3. The van der Waals surface area contributed by atoms with E-state index in [1.54, 1.807) is 18.1 Å². The fourth-order valence-electron chi connectivity index (χ4n) is 3.16. The molecule has 0 fully saturated rings. The van der Waals surface area contributed by atoms with Crippen molar-refractivity contribution >= 4 is 40.0 Å². The van der Waals surface area contributed by atoms with Gasteiger partial charge < -0.3 is 8.83 Å². The second-order valence-electron chi connectivity index (χ2n) is 6.43. The molecule has 0 bridgehead atoms. The zero-order valence-corrected chi connectivity index (χ0v) is 16.7. The molecule has 0 atom stereocenters. The van der Waals surface area contributed by atoms with Gasteiger partial charge in [0.1, 0.15) is 22.9 Å². The van der Waals surface area contributed by atoms with Crippen LogP contribution >= 0.6 is 23.4 Å². The number of oxazole rings is 1. The van der Waals surface area contributed by atoms with Gasteiger partial charge in [-0.05, 0) is 26.0 Å². The van der Waals surface area contributed by atoms with Crippen LogP contribution in [0.1, 0.15) is 17.2 Å². The van der Waals surface area contributed by atoms with Crippen molar-refractivity contribution in [1.29, 1.82) is 0 Å². The topological polar surface area (TPSA) is 69.4 Å². The van der Waals surface area contributed by atoms with Crippen molar-refractivity contribution in [3.05, 3.63) is 65.0 Å². The third kappa shape index (κ3) is 2.87. The number of aromatic nitrogens is 4. The number of hydrogen-bond donors (Lipinski definition) is 0. The molecule has 5 aromatic rings. The van der Waals surface area contributed by atoms with E-state index in [1.807, 2.05) is 54.6 Å². The van der Waals surface area contributed by atoms with Crippen LogP contribution in [0.25, 0.3) is 28.1 Å². The number of furan rings is 1. The Kier molecular flexibility index (Phi) is 4.14. The van der Waals surface area contributed by atoms with E-state index in [2.05, 4.69) is 15.2 Å². The summed E-state index contributed by atoms with van der Waals surface area (Å²) in [7, 11) is 0. The van der Waals surface area contributed by atoms with Crippen molar-refractivity contribution in [1.82, 2.24) is 19.6 Å². The Morgan fingerprint density at radius 1 is 1.11 bits per heavy atom. The van der Waals surface area contributed by atoms with Crippen LogP contribution in [0.3, 0.4) is 0 Å². The van der Waals surface area contributed by atoms with Crippen LogP contribution < -0.4 is 0 Å². The Labute approximate surface area is 169 Å². The molecular weight excluding hydrogens is 396 g/mol. The highest BCUT2D eigenvalue weighted by Gasteiger charge is 2.16. The zero-order chi connectivity index (χ0) is 19.3. The molecule has 5 rings (SSSR count). The summed E-state index contributed by atoms with van der Waals surface area (Å²) in [5.74, 6) is 2.77. The summed E-state index contributed by atoms with van der Waals surface area (Å²) in [5, 5.41) is 9.86. The quantitative estimate of drug-likeness (QED) is 0.354. The molecule has 4 heterocycles. The van der Waals surface area contributed by atoms with Gasteiger partial charge in [0.15, 0.2) is 5.58 Å². The molecule has 0 unspecified atom stereocenters. The third-order valence-corrected chi connectivity index (χ3v) is 5.84. The monoisotopic (exact) mass is 410 g/mol. The molecule has 0 aliphatic carbocycles. The van der Waals surface area contributed by atoms with Gasteiger partial charge in [-0.1, -0.05) is 35.5 Å². The lowest BCUT2D eigenvalue weighted by Gasteiger charge is -2.01. The number of benzene rings is 1. The Morgan fingerprint density at radius 2 is 1.96 bits per heavy atom. The molecule has 0 saturated heterocycles. The Balaban J connectivity index is 1.45. The number of halogens is 1. The van der Waals surface area contributed by atoms with Gasteiger partial charge in [0, 0.05) is 17.9 Å². The predicted octanol–water partition coefficient (Wildman–Crippen LogP) is 5.69. The molecule has 28 heavy (non-hydrogen) atoms. The predicted molar refractivity (Wildman–Crippen MR) is 109 cm³/mol. The normalized spacial score (nSPS) is 11.7. The number of hydrogen-bond acceptors (Lipinski definition) is 6. The van der Waals surface area contributed by atoms with E-state index in [1.165, 1.54) is 0 Å². The van der Waals surface area contributed by atoms with Crippen LogP contribution in [0, 0.1) is 13.8 Å². The largest absolute Gasteiger partial charge is 0.460 e. The minimum atomic E-state index is 0.527. The van der Waals surface area contributed by atoms with E-state index < -0.39 is 0 Å². The summed E-state index contributed by atoms with van der Waals surface area (Å²) < 4.78 is 13.6. The van der Waals surface area contributed by atoms with Gasteiger partial charge in [-0.2, -0.15) is 0 Å². The van der Waals surface area contributed by atoms with Gasteiger partial charge in [0.2, 0.25) is 5.89 Å². The van der Waals surface area contributed by atoms with Crippen molar-refractivity contribution in [2.75, 3.05) is 0 Å². The van der Waals surface area contributed by atoms with Gasteiger partial charge in [-0.3, -0.25) is 4.40 Å². The first-order valence-corrected chi connectivity index (χ1v) is 10.0. The fraction of sp³-hybridized carbons (Fsp3) is 0.150. The van der Waals surface area contributed by atoms with Crippen LogP contribution in [0.2, 0.25) is 5.02 Å². The SMILES string of the molecule is Cc1cc2c(cc3c(SCc4nc(-c5ccccc5Cl)oc4C)nncn32)o1. The Hall–Kier alpha value is -2.77. The smallest absolute Gasteiger partial charge is 0.228 e. The molecule has 0 radical (unpaired) electrons. The molecule has 1 aromatic carbocycles. The first kappa shape index (κ1) is 17.3. The highest BCUT2D eigenvalue weighted by atomic mass is 35.5. The van der Waals surface area contributed by atoms with Gasteiger partial charge in [0.05, 0.1) is 27.3 Å². The standard InChI is InChI=1S/C20H15ClN4O2S/c1-11-7-16-18(26-11)8-17-20(24-22-10-25(16)17)28-9-15-12(2)27-19(23-15)13-5-3-4-6-14(13)21/h3-8,10H,9H2,1-2H3. The molecule has 4 aromatic heterocycles. The molecule has 0 spiro atoms. The molecular formula is C20H15ClN4O2S. The van der Waals surface area contributed by atoms with E-state index >= 15 is 0 Å². The number of nitrogens with zero attached hydrogens (tertiary/aromatic N) is 4. The van der Waals surface area contributed by atoms with Crippen molar-refractivity contribution in [2.24, 2.45) is 0 Å². The van der Waals surface area contributed by atoms with Crippen molar-refractivity contribution < 1.29 is 8.83 Å². The average Bonchev–Trinajstić information content (AvgIpc) is 3.32. The molecule has 0 saturated carbocycles. The number of rotatable bonds is 4. The summed E-state index contributed by atoms with van der Waals surface area (Å²) >= 11 is 7.82. The van der Waals surface area contributed by atoms with Crippen LogP contribution in [-0.2, 0) is 5.75 Å². The van der Waals surface area contributed by atoms with Crippen LogP contribution in [0.4, 0.5) is 0 Å². The second-order valence-corrected chi connectivity index (χ2v) is 7.80. The van der Waals surface area contributed by atoms with E-state index in [0.29, 0.717) is 16.7 Å². The molecule has 8 heteroatoms. The summed E-state index contributed by atoms with van der Waals surface area (Å²) in [6, 6.07) is 11.5. The van der Waals surface area contributed by atoms with Crippen molar-refractivity contribution in [2.45, 2.75) is 24.6 Å². The van der Waals surface area contributed by atoms with Crippen molar-refractivity contribution in [3.63, 3.8) is 0 Å². The molecule has 0 aliphatic rings. The summed E-state index contributed by atoms with van der Waals surface area (Å²) in [6.45, 7) is 3.84. The maximum absolute atomic E-state index is 6.26. The zero-order valence-electron chi connectivity index (χ0n) is 15.1. The van der Waals surface area contributed by atoms with Gasteiger partial charge >= 0.3 is 0 Å². The fourth-order valence-corrected chi connectivity index (χ4v) is 4.32. The van der Waals surface area contributed by atoms with Gasteiger partial charge in [0.25, 0.3) is 0 Å². The highest BCUT2D eigenvalue weighted by molar-refractivity contribution is 7.98. The van der Waals surface area contributed by atoms with Gasteiger partial charge in [-0.25, -0.2) is 4.98 Å². The Bertz CT molecular complexity index is 1320. The lowest BCUT2D eigenvalue weighted by Crippen LogP contribution is -1.94. The van der Waals surface area contributed by atoms with E-state index in [0.717, 1.165) is 44.4 Å².